The lowest BCUT2D eigenvalue weighted by molar-refractivity contribution is 0.217. The minimum Gasteiger partial charge on any atom is -0.331 e. The van der Waals surface area contributed by atoms with Crippen LogP contribution in [0.25, 0.3) is 11.0 Å². The minimum absolute atomic E-state index is 0.00887. The molecule has 3 heteroatoms. The van der Waals surface area contributed by atoms with Gasteiger partial charge in [-0.25, -0.2) is 0 Å². The van der Waals surface area contributed by atoms with Crippen molar-refractivity contribution in [2.75, 3.05) is 0 Å². The number of rotatable bonds is 2. The maximum Gasteiger partial charge on any atom is 0.178 e. The smallest absolute Gasteiger partial charge is 0.178 e. The predicted molar refractivity (Wildman–Crippen MR) is 80.5 cm³/mol. The summed E-state index contributed by atoms with van der Waals surface area (Å²) in [7, 11) is 0. The summed E-state index contributed by atoms with van der Waals surface area (Å²) >= 11 is 5.50. The van der Waals surface area contributed by atoms with Crippen LogP contribution in [-0.2, 0) is 5.54 Å². The molecule has 18 heavy (non-hydrogen) atoms. The molecule has 0 aliphatic heterocycles. The van der Waals surface area contributed by atoms with Crippen molar-refractivity contribution in [1.82, 2.24) is 9.55 Å². The lowest BCUT2D eigenvalue weighted by atomic mass is 9.81. The number of H-pyrrole nitrogens is 1. The van der Waals surface area contributed by atoms with Crippen molar-refractivity contribution in [2.45, 2.75) is 46.6 Å². The molecule has 0 aliphatic rings. The molecule has 0 radical (unpaired) electrons. The van der Waals surface area contributed by atoms with E-state index in [0.717, 1.165) is 16.7 Å². The monoisotopic (exact) mass is 262 g/mol. The average molecular weight is 262 g/mol. The molecular formula is C15H22N2S. The van der Waals surface area contributed by atoms with Gasteiger partial charge in [-0.15, -0.1) is 0 Å². The quantitative estimate of drug-likeness (QED) is 0.766. The lowest BCUT2D eigenvalue weighted by Gasteiger charge is -2.34. The largest absolute Gasteiger partial charge is 0.331 e. The summed E-state index contributed by atoms with van der Waals surface area (Å²) in [5, 5.41) is 0. The second kappa shape index (κ2) is 4.23. The zero-order valence-electron chi connectivity index (χ0n) is 11.9. The molecule has 0 fully saturated rings. The molecule has 0 saturated carbocycles. The van der Waals surface area contributed by atoms with Crippen molar-refractivity contribution in [3.63, 3.8) is 0 Å². The third-order valence-electron chi connectivity index (χ3n) is 3.16. The van der Waals surface area contributed by atoms with Crippen LogP contribution in [-0.4, -0.2) is 9.55 Å². The van der Waals surface area contributed by atoms with Crippen molar-refractivity contribution in [3.05, 3.63) is 29.0 Å². The molecule has 1 N–H and O–H groups in total. The number of imidazole rings is 1. The van der Waals surface area contributed by atoms with Gasteiger partial charge >= 0.3 is 0 Å². The number of hydrogen-bond donors (Lipinski definition) is 1. The minimum atomic E-state index is 0.00887. The summed E-state index contributed by atoms with van der Waals surface area (Å²) in [6, 6.07) is 8.31. The molecule has 2 aromatic rings. The van der Waals surface area contributed by atoms with E-state index in [1.807, 2.05) is 6.07 Å². The Balaban J connectivity index is 2.60. The highest BCUT2D eigenvalue weighted by atomic mass is 32.1. The highest BCUT2D eigenvalue weighted by Crippen LogP contribution is 2.34. The van der Waals surface area contributed by atoms with Crippen LogP contribution in [0.2, 0.25) is 0 Å². The number of hydrogen-bond acceptors (Lipinski definition) is 1. The number of nitrogens with zero attached hydrogens (tertiary/aromatic N) is 1. The topological polar surface area (TPSA) is 20.7 Å². The summed E-state index contributed by atoms with van der Waals surface area (Å²) in [5.41, 5.74) is 2.59. The van der Waals surface area contributed by atoms with Gasteiger partial charge < -0.3 is 9.55 Å². The Morgan fingerprint density at radius 1 is 1.11 bits per heavy atom. The molecule has 0 atom stereocenters. The van der Waals surface area contributed by atoms with Crippen molar-refractivity contribution in [1.29, 1.82) is 0 Å². The summed E-state index contributed by atoms with van der Waals surface area (Å²) < 4.78 is 3.06. The molecule has 0 amide bonds. The van der Waals surface area contributed by atoms with Crippen LogP contribution >= 0.6 is 12.2 Å². The van der Waals surface area contributed by atoms with Crippen LogP contribution in [0, 0.1) is 10.2 Å². The second-order valence-corrected chi connectivity index (χ2v) is 7.22. The zero-order valence-corrected chi connectivity index (χ0v) is 12.7. The standard InChI is InChI=1S/C15H22N2S/c1-14(2,3)10-15(4,5)17-12-9-7-6-8-11(12)16-13(17)18/h6-9H,10H2,1-5H3,(H,16,18). The van der Waals surface area contributed by atoms with Crippen LogP contribution in [0.15, 0.2) is 24.3 Å². The van der Waals surface area contributed by atoms with E-state index >= 15 is 0 Å². The van der Waals surface area contributed by atoms with E-state index in [2.05, 4.69) is 62.4 Å². The lowest BCUT2D eigenvalue weighted by Crippen LogP contribution is -2.31. The Kier molecular flexibility index (Phi) is 3.14. The van der Waals surface area contributed by atoms with E-state index in [1.54, 1.807) is 0 Å². The Hall–Kier alpha value is -1.09. The third-order valence-corrected chi connectivity index (χ3v) is 3.44. The molecule has 1 heterocycles. The number of aromatic nitrogens is 2. The number of fused-ring (bicyclic) bond motifs is 1. The van der Waals surface area contributed by atoms with Gasteiger partial charge in [-0.3, -0.25) is 0 Å². The van der Waals surface area contributed by atoms with Gasteiger partial charge in [0.2, 0.25) is 0 Å². The van der Waals surface area contributed by atoms with E-state index < -0.39 is 0 Å². The first-order chi connectivity index (χ1) is 8.21. The highest BCUT2D eigenvalue weighted by Gasteiger charge is 2.28. The average Bonchev–Trinajstić information content (AvgIpc) is 2.49. The van der Waals surface area contributed by atoms with E-state index in [-0.39, 0.29) is 11.0 Å². The fourth-order valence-corrected chi connectivity index (χ4v) is 3.49. The fraction of sp³-hybridized carbons (Fsp3) is 0.533. The van der Waals surface area contributed by atoms with Crippen LogP contribution in [0.3, 0.4) is 0 Å². The van der Waals surface area contributed by atoms with Gasteiger partial charge in [-0.2, -0.15) is 0 Å². The molecular weight excluding hydrogens is 240 g/mol. The highest BCUT2D eigenvalue weighted by molar-refractivity contribution is 7.71. The van der Waals surface area contributed by atoms with Crippen LogP contribution in [0.5, 0.6) is 0 Å². The van der Waals surface area contributed by atoms with Crippen molar-refractivity contribution >= 4 is 23.3 Å². The van der Waals surface area contributed by atoms with Gasteiger partial charge in [-0.05, 0) is 50.0 Å². The predicted octanol–water partition coefficient (Wildman–Crippen LogP) is 4.87. The van der Waals surface area contributed by atoms with E-state index in [1.165, 1.54) is 5.52 Å². The zero-order chi connectivity index (χ0) is 13.6. The molecule has 98 valence electrons. The van der Waals surface area contributed by atoms with Gasteiger partial charge in [0.05, 0.1) is 11.0 Å². The molecule has 0 saturated heterocycles. The maximum absolute atomic E-state index is 5.50. The summed E-state index contributed by atoms with van der Waals surface area (Å²) in [6.45, 7) is 11.3. The molecule has 1 aromatic carbocycles. The molecule has 0 aliphatic carbocycles. The molecule has 1 aromatic heterocycles. The van der Waals surface area contributed by atoms with Gasteiger partial charge in [-0.1, -0.05) is 32.9 Å². The number of aromatic amines is 1. The van der Waals surface area contributed by atoms with Gasteiger partial charge in [0.15, 0.2) is 4.77 Å². The fourth-order valence-electron chi connectivity index (χ4n) is 3.03. The van der Waals surface area contributed by atoms with Crippen LogP contribution in [0.4, 0.5) is 0 Å². The van der Waals surface area contributed by atoms with Crippen LogP contribution < -0.4 is 0 Å². The van der Waals surface area contributed by atoms with Crippen molar-refractivity contribution < 1.29 is 0 Å². The first kappa shape index (κ1) is 13.3. The molecule has 0 spiro atoms. The molecule has 0 unspecified atom stereocenters. The normalized spacial score (nSPS) is 13.2. The second-order valence-electron chi connectivity index (χ2n) is 6.83. The first-order valence-electron chi connectivity index (χ1n) is 6.41. The Bertz CT molecular complexity index is 611. The van der Waals surface area contributed by atoms with Crippen LogP contribution in [0.1, 0.15) is 41.0 Å². The Morgan fingerprint density at radius 3 is 2.33 bits per heavy atom. The summed E-state index contributed by atoms with van der Waals surface area (Å²) in [5.74, 6) is 0. The number of nitrogens with one attached hydrogen (secondary N) is 1. The summed E-state index contributed by atoms with van der Waals surface area (Å²) in [6.07, 6.45) is 1.08. The van der Waals surface area contributed by atoms with Gasteiger partial charge in [0.1, 0.15) is 0 Å². The SMILES string of the molecule is CC(C)(C)CC(C)(C)n1c(=S)[nH]c2ccccc21. The van der Waals surface area contributed by atoms with Crippen molar-refractivity contribution in [2.24, 2.45) is 5.41 Å². The Morgan fingerprint density at radius 2 is 1.72 bits per heavy atom. The molecule has 2 rings (SSSR count). The third kappa shape index (κ3) is 2.51. The van der Waals surface area contributed by atoms with E-state index in [0.29, 0.717) is 0 Å². The van der Waals surface area contributed by atoms with E-state index in [4.69, 9.17) is 12.2 Å². The number of para-hydroxylation sites is 2. The first-order valence-corrected chi connectivity index (χ1v) is 6.82. The maximum atomic E-state index is 5.50. The van der Waals surface area contributed by atoms with E-state index in [9.17, 15) is 0 Å². The van der Waals surface area contributed by atoms with Gasteiger partial charge in [0, 0.05) is 5.54 Å². The summed E-state index contributed by atoms with van der Waals surface area (Å²) in [4.78, 5) is 3.30. The molecule has 2 nitrogen and oxygen atoms in total. The van der Waals surface area contributed by atoms with Gasteiger partial charge in [0.25, 0.3) is 0 Å². The number of benzene rings is 1. The Labute approximate surface area is 114 Å². The molecule has 0 bridgehead atoms. The van der Waals surface area contributed by atoms with Crippen molar-refractivity contribution in [3.8, 4) is 0 Å².